The molecule has 2 aliphatic rings. The van der Waals surface area contributed by atoms with Crippen molar-refractivity contribution in [2.45, 2.75) is 24.2 Å². The Labute approximate surface area is 121 Å². The summed E-state index contributed by atoms with van der Waals surface area (Å²) in [5, 5.41) is 6.32. The lowest BCUT2D eigenvalue weighted by Gasteiger charge is -2.23. The van der Waals surface area contributed by atoms with Crippen LogP contribution in [0.5, 0.6) is 0 Å². The standard InChI is InChI=1S/C15H20N2O2S/c1-20(19)12-4-2-3-11(9-12)17-14(18)13-10-15(13)5-7-16-8-6-15/h2-4,9,13,16H,5-8,10H2,1H3,(H,17,18). The first-order chi connectivity index (χ1) is 9.61. The molecule has 1 aromatic carbocycles. The first kappa shape index (κ1) is 13.8. The number of benzene rings is 1. The van der Waals surface area contributed by atoms with Crippen LogP contribution in [0.25, 0.3) is 0 Å². The molecule has 108 valence electrons. The second-order valence-electron chi connectivity index (χ2n) is 5.84. The van der Waals surface area contributed by atoms with Crippen LogP contribution in [0.2, 0.25) is 0 Å². The number of hydrogen-bond donors (Lipinski definition) is 2. The fourth-order valence-corrected chi connectivity index (χ4v) is 3.74. The Bertz CT molecular complexity index is 553. The predicted octanol–water partition coefficient (Wildman–Crippen LogP) is 1.75. The van der Waals surface area contributed by atoms with E-state index >= 15 is 0 Å². The lowest BCUT2D eigenvalue weighted by Crippen LogP contribution is -2.31. The van der Waals surface area contributed by atoms with Gasteiger partial charge in [-0.25, -0.2) is 0 Å². The van der Waals surface area contributed by atoms with Gasteiger partial charge >= 0.3 is 0 Å². The second-order valence-corrected chi connectivity index (χ2v) is 7.22. The number of carbonyl (C=O) groups excluding carboxylic acids is 1. The zero-order valence-electron chi connectivity index (χ0n) is 11.6. The van der Waals surface area contributed by atoms with Crippen molar-refractivity contribution in [2.24, 2.45) is 11.3 Å². The molecule has 1 aliphatic carbocycles. The highest BCUT2D eigenvalue weighted by atomic mass is 32.2. The number of hydrogen-bond acceptors (Lipinski definition) is 3. The number of piperidine rings is 1. The molecule has 2 N–H and O–H groups in total. The first-order valence-corrected chi connectivity index (χ1v) is 8.62. The molecule has 1 saturated carbocycles. The molecular weight excluding hydrogens is 272 g/mol. The van der Waals surface area contributed by atoms with E-state index in [-0.39, 0.29) is 17.2 Å². The SMILES string of the molecule is CS(=O)c1cccc(NC(=O)C2CC23CCNCC3)c1. The van der Waals surface area contributed by atoms with Gasteiger partial charge in [-0.05, 0) is 56.0 Å². The van der Waals surface area contributed by atoms with Gasteiger partial charge in [-0.2, -0.15) is 0 Å². The van der Waals surface area contributed by atoms with Crippen molar-refractivity contribution in [1.29, 1.82) is 0 Å². The molecule has 1 saturated heterocycles. The Morgan fingerprint density at radius 1 is 1.40 bits per heavy atom. The van der Waals surface area contributed by atoms with Crippen LogP contribution in [0, 0.1) is 11.3 Å². The topological polar surface area (TPSA) is 58.2 Å². The van der Waals surface area contributed by atoms with Gasteiger partial charge in [-0.3, -0.25) is 9.00 Å². The summed E-state index contributed by atoms with van der Waals surface area (Å²) in [7, 11) is -1.02. The Hall–Kier alpha value is -1.20. The van der Waals surface area contributed by atoms with Gasteiger partial charge in [0.05, 0.1) is 0 Å². The molecule has 4 nitrogen and oxygen atoms in total. The third kappa shape index (κ3) is 2.65. The summed E-state index contributed by atoms with van der Waals surface area (Å²) in [4.78, 5) is 13.1. The molecular formula is C15H20N2O2S. The Balaban J connectivity index is 1.65. The Kier molecular flexibility index (Phi) is 3.65. The predicted molar refractivity (Wildman–Crippen MR) is 80.0 cm³/mol. The van der Waals surface area contributed by atoms with Gasteiger partial charge in [-0.1, -0.05) is 6.07 Å². The molecule has 2 atom stereocenters. The summed E-state index contributed by atoms with van der Waals surface area (Å²) in [6.45, 7) is 2.04. The van der Waals surface area contributed by atoms with Crippen molar-refractivity contribution in [3.05, 3.63) is 24.3 Å². The normalized spacial score (nSPS) is 25.1. The van der Waals surface area contributed by atoms with E-state index in [1.54, 1.807) is 12.3 Å². The van der Waals surface area contributed by atoms with E-state index in [9.17, 15) is 9.00 Å². The average molecular weight is 292 g/mol. The van der Waals surface area contributed by atoms with E-state index in [1.807, 2.05) is 18.2 Å². The minimum Gasteiger partial charge on any atom is -0.326 e. The van der Waals surface area contributed by atoms with Gasteiger partial charge in [0.1, 0.15) is 0 Å². The molecule has 0 bridgehead atoms. The summed E-state index contributed by atoms with van der Waals surface area (Å²) in [5.41, 5.74) is 0.999. The van der Waals surface area contributed by atoms with Crippen LogP contribution >= 0.6 is 0 Å². The van der Waals surface area contributed by atoms with E-state index in [4.69, 9.17) is 0 Å². The average Bonchev–Trinajstić information content (AvgIpc) is 3.13. The largest absolute Gasteiger partial charge is 0.326 e. The van der Waals surface area contributed by atoms with Crippen LogP contribution < -0.4 is 10.6 Å². The van der Waals surface area contributed by atoms with Gasteiger partial charge in [0.25, 0.3) is 0 Å². The minimum atomic E-state index is -1.02. The first-order valence-electron chi connectivity index (χ1n) is 7.06. The van der Waals surface area contributed by atoms with E-state index in [0.29, 0.717) is 0 Å². The highest BCUT2D eigenvalue weighted by molar-refractivity contribution is 7.84. The molecule has 1 aromatic rings. The minimum absolute atomic E-state index is 0.117. The smallest absolute Gasteiger partial charge is 0.228 e. The maximum atomic E-state index is 12.3. The summed E-state index contributed by atoms with van der Waals surface area (Å²) < 4.78 is 11.5. The van der Waals surface area contributed by atoms with Crippen LogP contribution in [0.15, 0.2) is 29.2 Å². The van der Waals surface area contributed by atoms with Gasteiger partial charge in [0.2, 0.25) is 5.91 Å². The van der Waals surface area contributed by atoms with Crippen molar-refractivity contribution < 1.29 is 9.00 Å². The molecule has 0 aromatic heterocycles. The molecule has 1 aliphatic heterocycles. The van der Waals surface area contributed by atoms with E-state index < -0.39 is 10.8 Å². The quantitative estimate of drug-likeness (QED) is 0.892. The molecule has 3 rings (SSSR count). The number of rotatable bonds is 3. The Morgan fingerprint density at radius 2 is 2.15 bits per heavy atom. The van der Waals surface area contributed by atoms with Crippen LogP contribution in [0.1, 0.15) is 19.3 Å². The van der Waals surface area contributed by atoms with Crippen LogP contribution in [0.3, 0.4) is 0 Å². The third-order valence-corrected chi connectivity index (χ3v) is 5.46. The third-order valence-electron chi connectivity index (χ3n) is 4.54. The monoisotopic (exact) mass is 292 g/mol. The molecule has 1 spiro atoms. The van der Waals surface area contributed by atoms with Gasteiger partial charge in [0, 0.05) is 33.6 Å². The molecule has 2 fully saturated rings. The molecule has 0 radical (unpaired) electrons. The van der Waals surface area contributed by atoms with E-state index in [1.165, 1.54) is 0 Å². The highest BCUT2D eigenvalue weighted by Gasteiger charge is 2.57. The number of carbonyl (C=O) groups is 1. The zero-order chi connectivity index (χ0) is 14.2. The lowest BCUT2D eigenvalue weighted by atomic mass is 9.92. The van der Waals surface area contributed by atoms with Crippen LogP contribution in [-0.2, 0) is 15.6 Å². The van der Waals surface area contributed by atoms with Crippen LogP contribution in [-0.4, -0.2) is 29.5 Å². The van der Waals surface area contributed by atoms with Crippen molar-refractivity contribution in [3.63, 3.8) is 0 Å². The summed E-state index contributed by atoms with van der Waals surface area (Å²) in [6.07, 6.45) is 4.86. The lowest BCUT2D eigenvalue weighted by molar-refractivity contribution is -0.118. The molecule has 1 amide bonds. The maximum absolute atomic E-state index is 12.3. The van der Waals surface area contributed by atoms with Gasteiger partial charge in [-0.15, -0.1) is 0 Å². The number of nitrogens with one attached hydrogen (secondary N) is 2. The van der Waals surface area contributed by atoms with Gasteiger partial charge in [0.15, 0.2) is 0 Å². The molecule has 2 unspecified atom stereocenters. The van der Waals surface area contributed by atoms with Gasteiger partial charge < -0.3 is 10.6 Å². The van der Waals surface area contributed by atoms with E-state index in [0.717, 1.165) is 42.9 Å². The summed E-state index contributed by atoms with van der Waals surface area (Å²) in [6, 6.07) is 7.30. The summed E-state index contributed by atoms with van der Waals surface area (Å²) >= 11 is 0. The number of anilines is 1. The molecule has 20 heavy (non-hydrogen) atoms. The van der Waals surface area contributed by atoms with Crippen molar-refractivity contribution in [1.82, 2.24) is 5.32 Å². The van der Waals surface area contributed by atoms with Crippen molar-refractivity contribution in [3.8, 4) is 0 Å². The van der Waals surface area contributed by atoms with Crippen LogP contribution in [0.4, 0.5) is 5.69 Å². The fourth-order valence-electron chi connectivity index (χ4n) is 3.18. The van der Waals surface area contributed by atoms with Crippen molar-refractivity contribution >= 4 is 22.4 Å². The Morgan fingerprint density at radius 3 is 2.85 bits per heavy atom. The number of amides is 1. The molecule has 1 heterocycles. The highest BCUT2D eigenvalue weighted by Crippen LogP contribution is 2.58. The zero-order valence-corrected chi connectivity index (χ0v) is 12.5. The van der Waals surface area contributed by atoms with Crippen molar-refractivity contribution in [2.75, 3.05) is 24.7 Å². The fraction of sp³-hybridized carbons (Fsp3) is 0.533. The van der Waals surface area contributed by atoms with E-state index in [2.05, 4.69) is 10.6 Å². The second kappa shape index (κ2) is 5.30. The summed E-state index contributed by atoms with van der Waals surface area (Å²) in [5.74, 6) is 0.270. The molecule has 5 heteroatoms. The maximum Gasteiger partial charge on any atom is 0.228 e.